The first-order valence-corrected chi connectivity index (χ1v) is 6.68. The van der Waals surface area contributed by atoms with E-state index >= 15 is 0 Å². The van der Waals surface area contributed by atoms with Crippen LogP contribution in [0.25, 0.3) is 6.08 Å². The molecule has 4 heteroatoms. The molecule has 2 N–H and O–H groups in total. The van der Waals surface area contributed by atoms with Crippen molar-refractivity contribution in [1.82, 2.24) is 0 Å². The molecule has 21 heavy (non-hydrogen) atoms. The van der Waals surface area contributed by atoms with Crippen molar-refractivity contribution in [2.75, 3.05) is 13.7 Å². The minimum Gasteiger partial charge on any atom is -0.508 e. The highest BCUT2D eigenvalue weighted by molar-refractivity contribution is 5.64. The monoisotopic (exact) mass is 284 g/mol. The smallest absolute Gasteiger partial charge is 0.164 e. The molecule has 1 atom stereocenters. The summed E-state index contributed by atoms with van der Waals surface area (Å²) in [7, 11) is 1.51. The Morgan fingerprint density at radius 1 is 1.14 bits per heavy atom. The second kappa shape index (κ2) is 5.40. The lowest BCUT2D eigenvalue weighted by atomic mass is 9.99. The highest BCUT2D eigenvalue weighted by Crippen LogP contribution is 2.37. The molecule has 0 aromatic heterocycles. The Morgan fingerprint density at radius 3 is 2.62 bits per heavy atom. The summed E-state index contributed by atoms with van der Waals surface area (Å²) in [4.78, 5) is 0. The van der Waals surface area contributed by atoms with Crippen molar-refractivity contribution < 1.29 is 19.7 Å². The molecule has 0 fully saturated rings. The summed E-state index contributed by atoms with van der Waals surface area (Å²) in [5.41, 5.74) is 1.88. The third-order valence-electron chi connectivity index (χ3n) is 3.56. The van der Waals surface area contributed by atoms with Crippen LogP contribution in [-0.2, 0) is 0 Å². The highest BCUT2D eigenvalue weighted by atomic mass is 16.5. The van der Waals surface area contributed by atoms with E-state index in [-0.39, 0.29) is 17.4 Å². The van der Waals surface area contributed by atoms with Crippen LogP contribution in [0.5, 0.6) is 23.0 Å². The van der Waals surface area contributed by atoms with Crippen LogP contribution in [0.1, 0.15) is 17.0 Å². The number of benzene rings is 2. The van der Waals surface area contributed by atoms with Crippen molar-refractivity contribution in [3.8, 4) is 23.0 Å². The van der Waals surface area contributed by atoms with E-state index in [1.165, 1.54) is 7.11 Å². The first-order chi connectivity index (χ1) is 10.2. The predicted octanol–water partition coefficient (Wildman–Crippen LogP) is 3.30. The largest absolute Gasteiger partial charge is 0.508 e. The molecular formula is C17H16O4. The molecule has 1 aliphatic heterocycles. The maximum absolute atomic E-state index is 9.83. The Morgan fingerprint density at radius 2 is 1.90 bits per heavy atom. The zero-order chi connectivity index (χ0) is 14.8. The molecule has 0 amide bonds. The van der Waals surface area contributed by atoms with Crippen LogP contribution in [0, 0.1) is 0 Å². The van der Waals surface area contributed by atoms with Crippen LogP contribution < -0.4 is 9.47 Å². The van der Waals surface area contributed by atoms with E-state index in [1.54, 1.807) is 24.3 Å². The topological polar surface area (TPSA) is 58.9 Å². The number of methoxy groups -OCH3 is 1. The van der Waals surface area contributed by atoms with Crippen LogP contribution in [-0.4, -0.2) is 23.9 Å². The van der Waals surface area contributed by atoms with Crippen molar-refractivity contribution in [3.63, 3.8) is 0 Å². The van der Waals surface area contributed by atoms with Gasteiger partial charge in [-0.3, -0.25) is 0 Å². The highest BCUT2D eigenvalue weighted by Gasteiger charge is 2.16. The van der Waals surface area contributed by atoms with Gasteiger partial charge in [0.25, 0.3) is 0 Å². The van der Waals surface area contributed by atoms with Gasteiger partial charge in [-0.25, -0.2) is 0 Å². The third kappa shape index (κ3) is 2.65. The molecule has 0 bridgehead atoms. The lowest BCUT2D eigenvalue weighted by molar-refractivity contribution is 0.303. The molecule has 0 radical (unpaired) electrons. The zero-order valence-electron chi connectivity index (χ0n) is 11.6. The molecule has 108 valence electrons. The summed E-state index contributed by atoms with van der Waals surface area (Å²) in [5.74, 6) is 1.50. The number of aromatic hydroxyl groups is 2. The van der Waals surface area contributed by atoms with Crippen LogP contribution in [0.15, 0.2) is 42.5 Å². The van der Waals surface area contributed by atoms with Gasteiger partial charge in [0.15, 0.2) is 11.5 Å². The Labute approximate surface area is 122 Å². The molecule has 1 heterocycles. The van der Waals surface area contributed by atoms with Gasteiger partial charge in [0.2, 0.25) is 0 Å². The maximum atomic E-state index is 9.83. The third-order valence-corrected chi connectivity index (χ3v) is 3.56. The van der Waals surface area contributed by atoms with Crippen LogP contribution in [0.4, 0.5) is 0 Å². The molecule has 1 unspecified atom stereocenters. The minimum atomic E-state index is 0.0890. The molecule has 0 saturated carbocycles. The minimum absolute atomic E-state index is 0.0890. The van der Waals surface area contributed by atoms with E-state index in [2.05, 4.69) is 0 Å². The van der Waals surface area contributed by atoms with E-state index in [4.69, 9.17) is 9.47 Å². The molecule has 3 rings (SSSR count). The van der Waals surface area contributed by atoms with Crippen LogP contribution in [0.2, 0.25) is 0 Å². The SMILES string of the molecule is COc1cc2c(cc1O)C=CC(c1ccc(O)cc1)CO2. The number of ether oxygens (including phenoxy) is 2. The lowest BCUT2D eigenvalue weighted by Gasteiger charge is -2.14. The zero-order valence-corrected chi connectivity index (χ0v) is 11.6. The second-order valence-corrected chi connectivity index (χ2v) is 4.93. The number of phenolic OH excluding ortho intramolecular Hbond substituents is 2. The fourth-order valence-electron chi connectivity index (χ4n) is 2.37. The standard InChI is InChI=1S/C17H16O4/c1-20-17-9-16-12(8-15(17)19)2-3-13(10-21-16)11-4-6-14(18)7-5-11/h2-9,13,18-19H,10H2,1H3. The Hall–Kier alpha value is -2.62. The quantitative estimate of drug-likeness (QED) is 0.888. The van der Waals surface area contributed by atoms with Gasteiger partial charge in [0, 0.05) is 17.5 Å². The summed E-state index contributed by atoms with van der Waals surface area (Å²) >= 11 is 0. The molecule has 0 aliphatic carbocycles. The van der Waals surface area contributed by atoms with Crippen molar-refractivity contribution in [2.45, 2.75) is 5.92 Å². The Bertz CT molecular complexity index is 674. The van der Waals surface area contributed by atoms with E-state index in [1.807, 2.05) is 24.3 Å². The predicted molar refractivity (Wildman–Crippen MR) is 80.0 cm³/mol. The van der Waals surface area contributed by atoms with Crippen molar-refractivity contribution in [3.05, 3.63) is 53.6 Å². The van der Waals surface area contributed by atoms with E-state index in [9.17, 15) is 10.2 Å². The molecule has 1 aliphatic rings. The van der Waals surface area contributed by atoms with Gasteiger partial charge >= 0.3 is 0 Å². The second-order valence-electron chi connectivity index (χ2n) is 4.93. The lowest BCUT2D eigenvalue weighted by Crippen LogP contribution is -2.07. The molecule has 4 nitrogen and oxygen atoms in total. The maximum Gasteiger partial charge on any atom is 0.164 e. The van der Waals surface area contributed by atoms with Crippen molar-refractivity contribution in [2.24, 2.45) is 0 Å². The summed E-state index contributed by atoms with van der Waals surface area (Å²) < 4.78 is 10.9. The van der Waals surface area contributed by atoms with Crippen molar-refractivity contribution in [1.29, 1.82) is 0 Å². The van der Waals surface area contributed by atoms with Crippen LogP contribution in [0.3, 0.4) is 0 Å². The number of hydrogen-bond donors (Lipinski definition) is 2. The van der Waals surface area contributed by atoms with Gasteiger partial charge in [0.1, 0.15) is 11.5 Å². The van der Waals surface area contributed by atoms with Gasteiger partial charge < -0.3 is 19.7 Å². The van der Waals surface area contributed by atoms with E-state index in [0.29, 0.717) is 18.1 Å². The van der Waals surface area contributed by atoms with Gasteiger partial charge in [-0.15, -0.1) is 0 Å². The number of hydrogen-bond acceptors (Lipinski definition) is 4. The number of fused-ring (bicyclic) bond motifs is 1. The molecule has 2 aromatic rings. The summed E-state index contributed by atoms with van der Waals surface area (Å²) in [6.45, 7) is 0.488. The van der Waals surface area contributed by atoms with Gasteiger partial charge in [-0.05, 0) is 23.8 Å². The van der Waals surface area contributed by atoms with E-state index < -0.39 is 0 Å². The molecular weight excluding hydrogens is 268 g/mol. The molecule has 2 aromatic carbocycles. The average Bonchev–Trinajstić information content (AvgIpc) is 2.69. The van der Waals surface area contributed by atoms with Gasteiger partial charge in [0.05, 0.1) is 13.7 Å². The van der Waals surface area contributed by atoms with Crippen LogP contribution >= 0.6 is 0 Å². The van der Waals surface area contributed by atoms with Gasteiger partial charge in [-0.1, -0.05) is 24.3 Å². The first-order valence-electron chi connectivity index (χ1n) is 6.68. The summed E-state index contributed by atoms with van der Waals surface area (Å²) in [5, 5.41) is 19.2. The molecule has 0 spiro atoms. The summed E-state index contributed by atoms with van der Waals surface area (Å²) in [6, 6.07) is 10.4. The van der Waals surface area contributed by atoms with Gasteiger partial charge in [-0.2, -0.15) is 0 Å². The number of rotatable bonds is 2. The number of phenols is 2. The normalized spacial score (nSPS) is 16.7. The fraction of sp³-hybridized carbons (Fsp3) is 0.176. The Kier molecular flexibility index (Phi) is 3.44. The molecule has 0 saturated heterocycles. The average molecular weight is 284 g/mol. The van der Waals surface area contributed by atoms with E-state index in [0.717, 1.165) is 11.1 Å². The Balaban J connectivity index is 1.90. The summed E-state index contributed by atoms with van der Waals surface area (Å²) in [6.07, 6.45) is 3.96. The van der Waals surface area contributed by atoms with Crippen molar-refractivity contribution >= 4 is 6.08 Å². The first kappa shape index (κ1) is 13.4. The fourth-order valence-corrected chi connectivity index (χ4v) is 2.37.